The molecule has 0 saturated carbocycles. The average molecular weight is 311 g/mol. The molecular formula is C16H16ClFOS. The Bertz CT molecular complexity index is 655. The molecule has 0 aliphatic heterocycles. The smallest absolute Gasteiger partial charge is 0.134 e. The van der Waals surface area contributed by atoms with Gasteiger partial charge in [-0.05, 0) is 30.2 Å². The van der Waals surface area contributed by atoms with Crippen molar-refractivity contribution in [2.24, 2.45) is 0 Å². The van der Waals surface area contributed by atoms with Gasteiger partial charge < -0.3 is 0 Å². The fraction of sp³-hybridized carbons (Fsp3) is 0.250. The van der Waals surface area contributed by atoms with E-state index in [1.165, 1.54) is 0 Å². The van der Waals surface area contributed by atoms with E-state index < -0.39 is 10.8 Å². The van der Waals surface area contributed by atoms with Crippen LogP contribution in [-0.4, -0.2) is 9.96 Å². The van der Waals surface area contributed by atoms with E-state index >= 15 is 0 Å². The molecule has 0 amide bonds. The Kier molecular flexibility index (Phi) is 4.95. The van der Waals surface area contributed by atoms with E-state index in [-0.39, 0.29) is 5.82 Å². The Morgan fingerprint density at radius 3 is 2.55 bits per heavy atom. The van der Waals surface area contributed by atoms with Crippen molar-refractivity contribution in [3.63, 3.8) is 0 Å². The predicted octanol–water partition coefficient (Wildman–Crippen LogP) is 4.84. The van der Waals surface area contributed by atoms with Crippen molar-refractivity contribution in [1.29, 1.82) is 0 Å². The van der Waals surface area contributed by atoms with Crippen molar-refractivity contribution in [2.75, 3.05) is 5.75 Å². The highest BCUT2D eigenvalue weighted by molar-refractivity contribution is 7.85. The highest BCUT2D eigenvalue weighted by atomic mass is 35.5. The second-order valence-corrected chi connectivity index (χ2v) is 6.56. The molecule has 0 aliphatic carbocycles. The molecule has 0 aliphatic rings. The van der Waals surface area contributed by atoms with Crippen LogP contribution in [-0.2, 0) is 17.2 Å². The van der Waals surface area contributed by atoms with Gasteiger partial charge in [0.25, 0.3) is 0 Å². The Hall–Kier alpha value is -1.19. The summed E-state index contributed by atoms with van der Waals surface area (Å²) in [6.45, 7) is 3.76. The Morgan fingerprint density at radius 2 is 1.90 bits per heavy atom. The van der Waals surface area contributed by atoms with Gasteiger partial charge in [0, 0.05) is 26.8 Å². The molecule has 4 heteroatoms. The molecule has 20 heavy (non-hydrogen) atoms. The summed E-state index contributed by atoms with van der Waals surface area (Å²) < 4.78 is 26.3. The van der Waals surface area contributed by atoms with E-state index in [0.717, 1.165) is 0 Å². The highest BCUT2D eigenvalue weighted by Gasteiger charge is 2.13. The first kappa shape index (κ1) is 15.2. The Labute approximate surface area is 126 Å². The second kappa shape index (κ2) is 6.51. The zero-order valence-electron chi connectivity index (χ0n) is 11.5. The number of benzene rings is 2. The van der Waals surface area contributed by atoms with Crippen molar-refractivity contribution in [3.05, 3.63) is 52.8 Å². The minimum Gasteiger partial charge on any atom is -0.254 e. The van der Waals surface area contributed by atoms with Gasteiger partial charge in [0.2, 0.25) is 0 Å². The first-order valence-corrected chi connectivity index (χ1v) is 8.23. The van der Waals surface area contributed by atoms with Gasteiger partial charge in [-0.25, -0.2) is 4.39 Å². The lowest BCUT2D eigenvalue weighted by molar-refractivity contribution is 0.615. The normalized spacial score (nSPS) is 12.4. The molecule has 0 N–H and O–H groups in total. The van der Waals surface area contributed by atoms with Crippen LogP contribution < -0.4 is 0 Å². The summed E-state index contributed by atoms with van der Waals surface area (Å²) in [6, 6.07) is 10.4. The molecule has 0 heterocycles. The lowest BCUT2D eigenvalue weighted by Gasteiger charge is -2.10. The summed E-state index contributed by atoms with van der Waals surface area (Å²) >= 11 is 6.18. The highest BCUT2D eigenvalue weighted by Crippen LogP contribution is 2.33. The van der Waals surface area contributed by atoms with Gasteiger partial charge in [-0.1, -0.05) is 43.6 Å². The molecule has 0 fully saturated rings. The number of hydrogen-bond acceptors (Lipinski definition) is 1. The zero-order valence-corrected chi connectivity index (χ0v) is 13.0. The number of halogens is 2. The van der Waals surface area contributed by atoms with Crippen molar-refractivity contribution >= 4 is 22.4 Å². The average Bonchev–Trinajstić information content (AvgIpc) is 2.47. The maximum absolute atomic E-state index is 14.4. The van der Waals surface area contributed by atoms with E-state index in [2.05, 4.69) is 0 Å². The maximum atomic E-state index is 14.4. The first-order valence-electron chi connectivity index (χ1n) is 6.54. The lowest BCUT2D eigenvalue weighted by Crippen LogP contribution is -1.96. The quantitative estimate of drug-likeness (QED) is 0.790. The van der Waals surface area contributed by atoms with Crippen LogP contribution in [0.2, 0.25) is 5.02 Å². The molecule has 1 atom stereocenters. The molecule has 0 spiro atoms. The summed E-state index contributed by atoms with van der Waals surface area (Å²) in [5.74, 6) is 0.273. The third-order valence-corrected chi connectivity index (χ3v) is 4.85. The first-order chi connectivity index (χ1) is 9.58. The Balaban J connectivity index is 2.60. The minimum absolute atomic E-state index is 0.253. The molecule has 0 bridgehead atoms. The van der Waals surface area contributed by atoms with Crippen LogP contribution in [0.3, 0.4) is 0 Å². The summed E-state index contributed by atoms with van der Waals surface area (Å²) in [5.41, 5.74) is 1.71. The van der Waals surface area contributed by atoms with E-state index in [9.17, 15) is 8.60 Å². The van der Waals surface area contributed by atoms with Gasteiger partial charge in [-0.2, -0.15) is 0 Å². The molecule has 1 nitrogen and oxygen atoms in total. The van der Waals surface area contributed by atoms with Crippen LogP contribution in [0.5, 0.6) is 0 Å². The van der Waals surface area contributed by atoms with Gasteiger partial charge in [0.1, 0.15) is 5.82 Å². The van der Waals surface area contributed by atoms with E-state index in [0.29, 0.717) is 38.8 Å². The molecule has 2 aromatic rings. The van der Waals surface area contributed by atoms with Crippen LogP contribution >= 0.6 is 11.6 Å². The summed E-state index contributed by atoms with van der Waals surface area (Å²) in [4.78, 5) is 0.674. The summed E-state index contributed by atoms with van der Waals surface area (Å²) in [7, 11) is -1.08. The lowest BCUT2D eigenvalue weighted by atomic mass is 10.0. The van der Waals surface area contributed by atoms with Crippen molar-refractivity contribution < 1.29 is 8.60 Å². The molecule has 2 aromatic carbocycles. The van der Waals surface area contributed by atoms with Crippen LogP contribution in [0.4, 0.5) is 4.39 Å². The fourth-order valence-corrected chi connectivity index (χ4v) is 3.10. The standard InChI is InChI=1S/C16H16ClFOS/c1-3-11-6-5-7-13(16(11)18)14-10-12(20(19)4-2)8-9-15(14)17/h5-10H,3-4H2,1-2H3. The van der Waals surface area contributed by atoms with E-state index in [4.69, 9.17) is 11.6 Å². The molecule has 106 valence electrons. The molecule has 2 rings (SSSR count). The van der Waals surface area contributed by atoms with Crippen molar-refractivity contribution in [1.82, 2.24) is 0 Å². The second-order valence-electron chi connectivity index (χ2n) is 4.41. The number of hydrogen-bond donors (Lipinski definition) is 0. The van der Waals surface area contributed by atoms with Crippen molar-refractivity contribution in [3.8, 4) is 11.1 Å². The van der Waals surface area contributed by atoms with Gasteiger partial charge in [-0.3, -0.25) is 4.21 Å². The van der Waals surface area contributed by atoms with Crippen LogP contribution in [0.1, 0.15) is 19.4 Å². The number of aryl methyl sites for hydroxylation is 1. The Morgan fingerprint density at radius 1 is 1.15 bits per heavy atom. The molecule has 1 unspecified atom stereocenters. The van der Waals surface area contributed by atoms with Gasteiger partial charge >= 0.3 is 0 Å². The van der Waals surface area contributed by atoms with E-state index in [1.807, 2.05) is 19.9 Å². The molecule has 0 radical (unpaired) electrons. The maximum Gasteiger partial charge on any atom is 0.134 e. The summed E-state index contributed by atoms with van der Waals surface area (Å²) in [6.07, 6.45) is 0.623. The third-order valence-electron chi connectivity index (χ3n) is 3.21. The minimum atomic E-state index is -1.08. The zero-order chi connectivity index (χ0) is 14.7. The molecule has 0 aromatic heterocycles. The SMILES string of the molecule is CCc1cccc(-c2cc(S(=O)CC)ccc2Cl)c1F. The van der Waals surface area contributed by atoms with Gasteiger partial charge in [-0.15, -0.1) is 0 Å². The number of rotatable bonds is 4. The van der Waals surface area contributed by atoms with Gasteiger partial charge in [0.15, 0.2) is 0 Å². The topological polar surface area (TPSA) is 17.1 Å². The van der Waals surface area contributed by atoms with Crippen LogP contribution in [0.25, 0.3) is 11.1 Å². The fourth-order valence-electron chi connectivity index (χ4n) is 2.08. The molecule has 0 saturated heterocycles. The van der Waals surface area contributed by atoms with Crippen LogP contribution in [0, 0.1) is 5.82 Å². The third kappa shape index (κ3) is 2.94. The predicted molar refractivity (Wildman–Crippen MR) is 83.2 cm³/mol. The van der Waals surface area contributed by atoms with Gasteiger partial charge in [0.05, 0.1) is 10.8 Å². The molecular weight excluding hydrogens is 295 g/mol. The largest absolute Gasteiger partial charge is 0.254 e. The monoisotopic (exact) mass is 310 g/mol. The summed E-state index contributed by atoms with van der Waals surface area (Å²) in [5, 5.41) is 0.467. The van der Waals surface area contributed by atoms with E-state index in [1.54, 1.807) is 30.3 Å². The van der Waals surface area contributed by atoms with Crippen LogP contribution in [0.15, 0.2) is 41.3 Å². The van der Waals surface area contributed by atoms with Crippen molar-refractivity contribution in [2.45, 2.75) is 25.2 Å².